The number of allylic oxidation sites excluding steroid dienone is 12. The van der Waals surface area contributed by atoms with Crippen LogP contribution < -0.4 is 5.32 Å². The van der Waals surface area contributed by atoms with Crippen molar-refractivity contribution in [3.8, 4) is 0 Å². The van der Waals surface area contributed by atoms with E-state index in [0.29, 0.717) is 19.3 Å². The first-order chi connectivity index (χ1) is 31.0. The Kier molecular flexibility index (Phi) is 48.1. The summed E-state index contributed by atoms with van der Waals surface area (Å²) in [6.07, 6.45) is 63.9. The molecule has 3 atom stereocenters. The Balaban J connectivity index is 4.65. The number of aliphatic hydroxyl groups excluding tert-OH is 2. The van der Waals surface area contributed by atoms with Gasteiger partial charge in [-0.1, -0.05) is 209 Å². The van der Waals surface area contributed by atoms with Gasteiger partial charge in [-0.2, -0.15) is 0 Å². The monoisotopic (exact) mass is 880 g/mol. The fraction of sp³-hybridized carbons (Fsp3) is 0.754. The zero-order valence-corrected chi connectivity index (χ0v) is 41.4. The fourth-order valence-electron chi connectivity index (χ4n) is 7.68. The minimum absolute atomic E-state index is 0.0438. The smallest absolute Gasteiger partial charge is 0.306 e. The van der Waals surface area contributed by atoms with E-state index >= 15 is 0 Å². The Morgan fingerprint density at radius 3 is 1.27 bits per heavy atom. The van der Waals surface area contributed by atoms with Gasteiger partial charge in [-0.25, -0.2) is 0 Å². The van der Waals surface area contributed by atoms with Crippen LogP contribution in [0.5, 0.6) is 0 Å². The van der Waals surface area contributed by atoms with Crippen molar-refractivity contribution in [1.29, 1.82) is 0 Å². The van der Waals surface area contributed by atoms with E-state index in [4.69, 9.17) is 4.74 Å². The molecule has 364 valence electrons. The third-order valence-corrected chi connectivity index (χ3v) is 11.8. The summed E-state index contributed by atoms with van der Waals surface area (Å²) >= 11 is 0. The van der Waals surface area contributed by atoms with E-state index in [1.54, 1.807) is 0 Å². The molecule has 0 fully saturated rings. The molecule has 0 saturated carbocycles. The number of esters is 1. The SMILES string of the molecule is CCCCC/C=C\C/C=C\C/C=C\CCCCCCCCC(=O)OC(CCCC/C=C\C/C=C\C/C=C\CCCCC)CC(=O)NC(CO)C(O)CCCCCCCCCCCC. The average molecular weight is 880 g/mol. The lowest BCUT2D eigenvalue weighted by molar-refractivity contribution is -0.151. The highest BCUT2D eigenvalue weighted by atomic mass is 16.5. The first kappa shape index (κ1) is 60.3. The number of hydrogen-bond donors (Lipinski definition) is 3. The van der Waals surface area contributed by atoms with Gasteiger partial charge in [-0.05, 0) is 103 Å². The Morgan fingerprint density at radius 1 is 0.460 bits per heavy atom. The van der Waals surface area contributed by atoms with Crippen LogP contribution in [-0.2, 0) is 14.3 Å². The van der Waals surface area contributed by atoms with E-state index < -0.39 is 18.2 Å². The van der Waals surface area contributed by atoms with E-state index in [-0.39, 0.29) is 24.9 Å². The molecule has 0 aromatic rings. The second-order valence-corrected chi connectivity index (χ2v) is 17.9. The second-order valence-electron chi connectivity index (χ2n) is 17.9. The van der Waals surface area contributed by atoms with Gasteiger partial charge in [0, 0.05) is 6.42 Å². The van der Waals surface area contributed by atoms with Crippen molar-refractivity contribution >= 4 is 11.9 Å². The number of rotatable bonds is 47. The zero-order chi connectivity index (χ0) is 45.9. The van der Waals surface area contributed by atoms with Crippen LogP contribution in [0.15, 0.2) is 72.9 Å². The number of amides is 1. The molecule has 0 rings (SSSR count). The molecular formula is C57H101NO5. The number of hydrogen-bond acceptors (Lipinski definition) is 5. The molecule has 63 heavy (non-hydrogen) atoms. The average Bonchev–Trinajstić information content (AvgIpc) is 3.28. The summed E-state index contributed by atoms with van der Waals surface area (Å²) in [4.78, 5) is 26.2. The standard InChI is InChI=1S/C57H101NO5/c1-4-7-10-13-16-19-22-24-26-27-28-29-31-33-35-38-41-44-47-50-57(62)63-53(48-45-42-39-36-34-32-30-25-23-20-17-14-11-8-5-2)51-56(61)58-54(52-59)55(60)49-46-43-40-37-21-18-15-12-9-6-3/h16-17,19-20,24-26,28-30,34,36,53-55,59-60H,4-15,18,21-23,27,31-33,35,37-52H2,1-3H3,(H,58,61)/b19-16-,20-17-,26-24-,29-28-,30-25-,36-34-. The molecule has 0 aromatic carbocycles. The Bertz CT molecular complexity index is 1170. The van der Waals surface area contributed by atoms with Crippen LogP contribution in [-0.4, -0.2) is 46.9 Å². The van der Waals surface area contributed by atoms with Gasteiger partial charge in [0.1, 0.15) is 6.10 Å². The first-order valence-corrected chi connectivity index (χ1v) is 26.7. The molecule has 0 aliphatic heterocycles. The molecule has 0 saturated heterocycles. The maximum absolute atomic E-state index is 13.2. The molecule has 0 spiro atoms. The largest absolute Gasteiger partial charge is 0.462 e. The van der Waals surface area contributed by atoms with E-state index in [1.165, 1.54) is 116 Å². The summed E-state index contributed by atoms with van der Waals surface area (Å²) in [6, 6.07) is -0.719. The Labute approximate surface area is 390 Å². The lowest BCUT2D eigenvalue weighted by Gasteiger charge is -2.24. The van der Waals surface area contributed by atoms with Gasteiger partial charge >= 0.3 is 5.97 Å². The molecule has 0 aromatic heterocycles. The minimum atomic E-state index is -0.802. The normalized spacial score (nSPS) is 13.8. The van der Waals surface area contributed by atoms with Crippen molar-refractivity contribution in [3.63, 3.8) is 0 Å². The van der Waals surface area contributed by atoms with Crippen LogP contribution in [0.4, 0.5) is 0 Å². The highest BCUT2D eigenvalue weighted by molar-refractivity contribution is 5.77. The van der Waals surface area contributed by atoms with Crippen molar-refractivity contribution in [2.75, 3.05) is 6.61 Å². The zero-order valence-electron chi connectivity index (χ0n) is 41.4. The molecule has 0 aliphatic rings. The maximum Gasteiger partial charge on any atom is 0.306 e. The second kappa shape index (κ2) is 50.3. The van der Waals surface area contributed by atoms with E-state index in [9.17, 15) is 19.8 Å². The van der Waals surface area contributed by atoms with Gasteiger partial charge in [0.2, 0.25) is 5.91 Å². The molecule has 0 heterocycles. The Hall–Kier alpha value is -2.70. The number of ether oxygens (including phenoxy) is 1. The third-order valence-electron chi connectivity index (χ3n) is 11.8. The third kappa shape index (κ3) is 45.7. The van der Waals surface area contributed by atoms with Crippen LogP contribution in [0.1, 0.15) is 252 Å². The van der Waals surface area contributed by atoms with E-state index in [1.807, 2.05) is 0 Å². The van der Waals surface area contributed by atoms with Crippen molar-refractivity contribution < 1.29 is 24.5 Å². The summed E-state index contributed by atoms with van der Waals surface area (Å²) in [5.41, 5.74) is 0. The van der Waals surface area contributed by atoms with Crippen LogP contribution in [0, 0.1) is 0 Å². The lowest BCUT2D eigenvalue weighted by Crippen LogP contribution is -2.46. The number of nitrogens with one attached hydrogen (secondary N) is 1. The molecule has 0 aliphatic carbocycles. The van der Waals surface area contributed by atoms with Gasteiger partial charge in [0.15, 0.2) is 0 Å². The molecule has 3 N–H and O–H groups in total. The molecule has 1 amide bonds. The molecule has 0 bridgehead atoms. The van der Waals surface area contributed by atoms with E-state index in [0.717, 1.165) is 89.9 Å². The number of carbonyl (C=O) groups excluding carboxylic acids is 2. The number of unbranched alkanes of at least 4 members (excludes halogenated alkanes) is 23. The Morgan fingerprint density at radius 2 is 0.810 bits per heavy atom. The summed E-state index contributed by atoms with van der Waals surface area (Å²) in [5.74, 6) is -0.527. The molecule has 6 heteroatoms. The predicted molar refractivity (Wildman–Crippen MR) is 273 cm³/mol. The summed E-state index contributed by atoms with van der Waals surface area (Å²) in [7, 11) is 0. The molecule has 6 nitrogen and oxygen atoms in total. The maximum atomic E-state index is 13.2. The van der Waals surface area contributed by atoms with Crippen LogP contribution in [0.2, 0.25) is 0 Å². The molecular weight excluding hydrogens is 779 g/mol. The molecule has 3 unspecified atom stereocenters. The number of carbonyl (C=O) groups is 2. The van der Waals surface area contributed by atoms with Crippen LogP contribution in [0.25, 0.3) is 0 Å². The van der Waals surface area contributed by atoms with E-state index in [2.05, 4.69) is 99.0 Å². The van der Waals surface area contributed by atoms with Crippen molar-refractivity contribution in [3.05, 3.63) is 72.9 Å². The lowest BCUT2D eigenvalue weighted by atomic mass is 10.0. The summed E-state index contributed by atoms with van der Waals surface area (Å²) < 4.78 is 5.92. The topological polar surface area (TPSA) is 95.9 Å². The first-order valence-electron chi connectivity index (χ1n) is 26.7. The van der Waals surface area contributed by atoms with Gasteiger partial charge in [-0.15, -0.1) is 0 Å². The molecule has 0 radical (unpaired) electrons. The minimum Gasteiger partial charge on any atom is -0.462 e. The summed E-state index contributed by atoms with van der Waals surface area (Å²) in [6.45, 7) is 6.40. The van der Waals surface area contributed by atoms with Crippen molar-refractivity contribution in [2.45, 2.75) is 270 Å². The predicted octanol–water partition coefficient (Wildman–Crippen LogP) is 16.2. The van der Waals surface area contributed by atoms with Crippen LogP contribution in [0.3, 0.4) is 0 Å². The van der Waals surface area contributed by atoms with Crippen molar-refractivity contribution in [1.82, 2.24) is 5.32 Å². The van der Waals surface area contributed by atoms with Gasteiger partial charge < -0.3 is 20.3 Å². The highest BCUT2D eigenvalue weighted by Crippen LogP contribution is 2.17. The number of aliphatic hydroxyl groups is 2. The highest BCUT2D eigenvalue weighted by Gasteiger charge is 2.24. The van der Waals surface area contributed by atoms with Gasteiger partial charge in [0.05, 0.1) is 25.2 Å². The summed E-state index contributed by atoms with van der Waals surface area (Å²) in [5, 5.41) is 23.7. The van der Waals surface area contributed by atoms with Gasteiger partial charge in [0.25, 0.3) is 0 Å². The van der Waals surface area contributed by atoms with Crippen molar-refractivity contribution in [2.24, 2.45) is 0 Å². The van der Waals surface area contributed by atoms with Crippen LogP contribution >= 0.6 is 0 Å². The quantitative estimate of drug-likeness (QED) is 0.0321. The van der Waals surface area contributed by atoms with Gasteiger partial charge in [-0.3, -0.25) is 9.59 Å². The fourth-order valence-corrected chi connectivity index (χ4v) is 7.68.